The van der Waals surface area contributed by atoms with Gasteiger partial charge >= 0.3 is 0 Å². The van der Waals surface area contributed by atoms with Crippen LogP contribution in [-0.4, -0.2) is 17.1 Å². The van der Waals surface area contributed by atoms with E-state index in [9.17, 15) is 4.79 Å². The number of carbonyl (C=O) groups is 1. The molecule has 0 saturated heterocycles. The van der Waals surface area contributed by atoms with Crippen molar-refractivity contribution in [2.45, 2.75) is 24.5 Å². The molecule has 0 aliphatic heterocycles. The minimum Gasteiger partial charge on any atom is -0.464 e. The molecule has 0 aliphatic rings. The van der Waals surface area contributed by atoms with Crippen LogP contribution < -0.4 is 5.32 Å². The van der Waals surface area contributed by atoms with Gasteiger partial charge in [0.1, 0.15) is 5.58 Å². The molecule has 114 valence electrons. The molecule has 0 bridgehead atoms. The van der Waals surface area contributed by atoms with Gasteiger partial charge in [0, 0.05) is 10.9 Å². The van der Waals surface area contributed by atoms with Crippen LogP contribution in [0.3, 0.4) is 0 Å². The molecule has 0 unspecified atom stereocenters. The van der Waals surface area contributed by atoms with Gasteiger partial charge in [0.15, 0.2) is 5.13 Å². The largest absolute Gasteiger partial charge is 0.464 e. The third kappa shape index (κ3) is 3.03. The number of carbonyl (C=O) groups excluding carboxylic acids is 1. The highest BCUT2D eigenvalue weighted by Crippen LogP contribution is 2.30. The molecule has 0 atom stereocenters. The third-order valence-corrected chi connectivity index (χ3v) is 5.63. The van der Waals surface area contributed by atoms with E-state index in [0.29, 0.717) is 5.13 Å². The zero-order valence-corrected chi connectivity index (χ0v) is 14.2. The van der Waals surface area contributed by atoms with Gasteiger partial charge in [-0.3, -0.25) is 4.79 Å². The molecule has 4 nitrogen and oxygen atoms in total. The van der Waals surface area contributed by atoms with Gasteiger partial charge in [-0.25, -0.2) is 4.98 Å². The smallest absolute Gasteiger partial charge is 0.230 e. The standard InChI is InChI=1S/C16H16N2O2S2/c1-9-4-5-12-11(8-20-13(12)6-9)7-14(19)18-16-17-10(2)15(21-3)22-16/h4-6,8H,7H2,1-3H3,(H,17,18,19). The zero-order valence-electron chi connectivity index (χ0n) is 12.6. The summed E-state index contributed by atoms with van der Waals surface area (Å²) in [5, 5.41) is 4.50. The van der Waals surface area contributed by atoms with E-state index in [1.807, 2.05) is 38.3 Å². The summed E-state index contributed by atoms with van der Waals surface area (Å²) < 4.78 is 6.65. The summed E-state index contributed by atoms with van der Waals surface area (Å²) in [6.07, 6.45) is 3.94. The van der Waals surface area contributed by atoms with E-state index < -0.39 is 0 Å². The maximum absolute atomic E-state index is 12.2. The van der Waals surface area contributed by atoms with Crippen LogP contribution in [0, 0.1) is 13.8 Å². The molecule has 0 spiro atoms. The van der Waals surface area contributed by atoms with Crippen LogP contribution in [-0.2, 0) is 11.2 Å². The van der Waals surface area contributed by atoms with E-state index in [1.165, 1.54) is 11.3 Å². The lowest BCUT2D eigenvalue weighted by atomic mass is 10.1. The number of thiazole rings is 1. The van der Waals surface area contributed by atoms with Crippen molar-refractivity contribution in [3.05, 3.63) is 41.3 Å². The van der Waals surface area contributed by atoms with E-state index in [4.69, 9.17) is 4.42 Å². The quantitative estimate of drug-likeness (QED) is 0.719. The molecule has 2 aromatic heterocycles. The monoisotopic (exact) mass is 332 g/mol. The van der Waals surface area contributed by atoms with E-state index >= 15 is 0 Å². The Hall–Kier alpha value is -1.79. The van der Waals surface area contributed by atoms with Crippen molar-refractivity contribution in [2.75, 3.05) is 11.6 Å². The van der Waals surface area contributed by atoms with Crippen molar-refractivity contribution < 1.29 is 9.21 Å². The fourth-order valence-corrected chi connectivity index (χ4v) is 3.92. The second kappa shape index (κ2) is 6.14. The van der Waals surface area contributed by atoms with Gasteiger partial charge in [0.05, 0.1) is 22.6 Å². The maximum Gasteiger partial charge on any atom is 0.230 e. The molecule has 1 amide bonds. The first-order chi connectivity index (χ1) is 10.6. The van der Waals surface area contributed by atoms with E-state index in [0.717, 1.165) is 32.0 Å². The first-order valence-corrected chi connectivity index (χ1v) is 8.89. The number of anilines is 1. The summed E-state index contributed by atoms with van der Waals surface area (Å²) in [7, 11) is 0. The fraction of sp³-hybridized carbons (Fsp3) is 0.250. The summed E-state index contributed by atoms with van der Waals surface area (Å²) in [5.74, 6) is -0.0790. The average molecular weight is 332 g/mol. The number of thioether (sulfide) groups is 1. The van der Waals surface area contributed by atoms with E-state index in [-0.39, 0.29) is 12.3 Å². The molecule has 22 heavy (non-hydrogen) atoms. The molecule has 6 heteroatoms. The van der Waals surface area contributed by atoms with Crippen LogP contribution >= 0.6 is 23.1 Å². The Morgan fingerprint density at radius 2 is 2.23 bits per heavy atom. The van der Waals surface area contributed by atoms with Gasteiger partial charge in [-0.15, -0.1) is 11.8 Å². The minimum atomic E-state index is -0.0790. The van der Waals surface area contributed by atoms with Crippen LogP contribution in [0.4, 0.5) is 5.13 Å². The van der Waals surface area contributed by atoms with Gasteiger partial charge in [0.2, 0.25) is 5.91 Å². The Kier molecular flexibility index (Phi) is 4.22. The fourth-order valence-electron chi connectivity index (χ4n) is 2.29. The highest BCUT2D eigenvalue weighted by atomic mass is 32.2. The molecular formula is C16H16N2O2S2. The highest BCUT2D eigenvalue weighted by Gasteiger charge is 2.13. The molecule has 0 saturated carbocycles. The average Bonchev–Trinajstić information content (AvgIpc) is 3.02. The predicted molar refractivity (Wildman–Crippen MR) is 91.9 cm³/mol. The van der Waals surface area contributed by atoms with Crippen molar-refractivity contribution in [2.24, 2.45) is 0 Å². The maximum atomic E-state index is 12.2. The summed E-state index contributed by atoms with van der Waals surface area (Å²) >= 11 is 3.14. The second-order valence-corrected chi connectivity index (χ2v) is 7.16. The molecule has 3 rings (SSSR count). The molecule has 0 fully saturated rings. The molecule has 1 aromatic carbocycles. The van der Waals surface area contributed by atoms with Crippen molar-refractivity contribution in [1.82, 2.24) is 4.98 Å². The van der Waals surface area contributed by atoms with Crippen LogP contribution in [0.2, 0.25) is 0 Å². The molecular weight excluding hydrogens is 316 g/mol. The molecule has 0 radical (unpaired) electrons. The molecule has 1 N–H and O–H groups in total. The lowest BCUT2D eigenvalue weighted by molar-refractivity contribution is -0.115. The third-order valence-electron chi connectivity index (χ3n) is 3.35. The van der Waals surface area contributed by atoms with Crippen molar-refractivity contribution in [1.29, 1.82) is 0 Å². The van der Waals surface area contributed by atoms with E-state index in [2.05, 4.69) is 10.3 Å². The zero-order chi connectivity index (χ0) is 15.7. The number of nitrogens with one attached hydrogen (secondary N) is 1. The van der Waals surface area contributed by atoms with Crippen molar-refractivity contribution in [3.8, 4) is 0 Å². The number of benzene rings is 1. The summed E-state index contributed by atoms with van der Waals surface area (Å²) in [5.41, 5.74) is 3.81. The number of hydrogen-bond acceptors (Lipinski definition) is 5. The first kappa shape index (κ1) is 15.1. The Morgan fingerprint density at radius 3 is 2.95 bits per heavy atom. The number of nitrogens with zero attached hydrogens (tertiary/aromatic N) is 1. The lowest BCUT2D eigenvalue weighted by Crippen LogP contribution is -2.13. The van der Waals surface area contributed by atoms with Gasteiger partial charge in [-0.1, -0.05) is 23.5 Å². The second-order valence-electron chi connectivity index (χ2n) is 5.08. The summed E-state index contributed by atoms with van der Waals surface area (Å²) in [6, 6.07) is 6.00. The summed E-state index contributed by atoms with van der Waals surface area (Å²) in [6.45, 7) is 3.96. The number of aromatic nitrogens is 1. The highest BCUT2D eigenvalue weighted by molar-refractivity contribution is 8.00. The molecule has 2 heterocycles. The normalized spacial score (nSPS) is 11.0. The van der Waals surface area contributed by atoms with Crippen LogP contribution in [0.25, 0.3) is 11.0 Å². The van der Waals surface area contributed by atoms with Gasteiger partial charge in [0.25, 0.3) is 0 Å². The Balaban J connectivity index is 1.75. The number of hydrogen-bond donors (Lipinski definition) is 1. The Labute approximate surface area is 136 Å². The summed E-state index contributed by atoms with van der Waals surface area (Å²) in [4.78, 5) is 16.6. The van der Waals surface area contributed by atoms with Crippen LogP contribution in [0.5, 0.6) is 0 Å². The minimum absolute atomic E-state index is 0.0790. The lowest BCUT2D eigenvalue weighted by Gasteiger charge is -2.00. The Bertz CT molecular complexity index is 836. The van der Waals surface area contributed by atoms with Crippen molar-refractivity contribution in [3.63, 3.8) is 0 Å². The topological polar surface area (TPSA) is 55.1 Å². The first-order valence-electron chi connectivity index (χ1n) is 6.85. The number of aryl methyl sites for hydroxylation is 2. The predicted octanol–water partition coefficient (Wildman–Crippen LogP) is 4.41. The van der Waals surface area contributed by atoms with Gasteiger partial charge in [-0.2, -0.15) is 0 Å². The Morgan fingerprint density at radius 1 is 1.41 bits per heavy atom. The van der Waals surface area contributed by atoms with Crippen LogP contribution in [0.1, 0.15) is 16.8 Å². The van der Waals surface area contributed by atoms with Gasteiger partial charge < -0.3 is 9.73 Å². The molecule has 3 aromatic rings. The number of furan rings is 1. The number of amides is 1. The van der Waals surface area contributed by atoms with Gasteiger partial charge in [-0.05, 0) is 31.7 Å². The van der Waals surface area contributed by atoms with E-state index in [1.54, 1.807) is 18.0 Å². The SMILES string of the molecule is CSc1sc(NC(=O)Cc2coc3cc(C)ccc23)nc1C. The number of rotatable bonds is 4. The van der Waals surface area contributed by atoms with Crippen molar-refractivity contribution >= 4 is 45.1 Å². The van der Waals surface area contributed by atoms with Crippen LogP contribution in [0.15, 0.2) is 33.1 Å². The molecule has 0 aliphatic carbocycles. The number of fused-ring (bicyclic) bond motifs is 1.